The summed E-state index contributed by atoms with van der Waals surface area (Å²) in [6, 6.07) is 4.78. The minimum atomic E-state index is -3.74. The van der Waals surface area contributed by atoms with Crippen molar-refractivity contribution in [3.8, 4) is 0 Å². The number of nitrogens with two attached hydrogens (primary N) is 2. The second kappa shape index (κ2) is 6.45. The molecular formula is C14H23N3O2S. The molecule has 0 heterocycles. The molecule has 0 saturated heterocycles. The third-order valence-electron chi connectivity index (χ3n) is 3.92. The Morgan fingerprint density at radius 3 is 2.50 bits per heavy atom. The van der Waals surface area contributed by atoms with Crippen molar-refractivity contribution in [2.75, 3.05) is 17.6 Å². The van der Waals surface area contributed by atoms with Gasteiger partial charge in [-0.15, -0.1) is 0 Å². The Bertz CT molecular complexity index is 552. The number of nitrogen functional groups attached to an aromatic ring is 1. The van der Waals surface area contributed by atoms with Crippen molar-refractivity contribution in [2.45, 2.75) is 43.4 Å². The van der Waals surface area contributed by atoms with Gasteiger partial charge < -0.3 is 11.1 Å². The largest absolute Gasteiger partial charge is 0.398 e. The molecule has 0 unspecified atom stereocenters. The number of hydrogen-bond donors (Lipinski definition) is 3. The van der Waals surface area contributed by atoms with Crippen molar-refractivity contribution in [1.82, 2.24) is 0 Å². The van der Waals surface area contributed by atoms with Gasteiger partial charge >= 0.3 is 0 Å². The van der Waals surface area contributed by atoms with Gasteiger partial charge in [0.05, 0.1) is 5.69 Å². The lowest BCUT2D eigenvalue weighted by Crippen LogP contribution is -2.15. The second-order valence-electron chi connectivity index (χ2n) is 5.52. The number of primary sulfonamides is 1. The highest BCUT2D eigenvalue weighted by Gasteiger charge is 2.14. The molecule has 6 heteroatoms. The zero-order valence-electron chi connectivity index (χ0n) is 11.6. The van der Waals surface area contributed by atoms with Gasteiger partial charge in [0.1, 0.15) is 4.90 Å². The molecular weight excluding hydrogens is 274 g/mol. The number of benzene rings is 1. The molecule has 1 aromatic carbocycles. The zero-order valence-corrected chi connectivity index (χ0v) is 12.5. The first-order valence-electron chi connectivity index (χ1n) is 7.13. The van der Waals surface area contributed by atoms with Crippen LogP contribution in [0.4, 0.5) is 11.4 Å². The number of hydrogen-bond acceptors (Lipinski definition) is 4. The summed E-state index contributed by atoms with van der Waals surface area (Å²) < 4.78 is 22.5. The first-order valence-corrected chi connectivity index (χ1v) is 8.67. The number of anilines is 2. The monoisotopic (exact) mass is 297 g/mol. The van der Waals surface area contributed by atoms with E-state index in [9.17, 15) is 8.42 Å². The number of sulfonamides is 1. The van der Waals surface area contributed by atoms with Crippen molar-refractivity contribution in [2.24, 2.45) is 11.1 Å². The highest BCUT2D eigenvalue weighted by atomic mass is 32.2. The highest BCUT2D eigenvalue weighted by Crippen LogP contribution is 2.26. The lowest BCUT2D eigenvalue weighted by Gasteiger charge is -2.21. The van der Waals surface area contributed by atoms with Crippen LogP contribution in [0.2, 0.25) is 0 Å². The molecule has 0 bridgehead atoms. The number of nitrogens with one attached hydrogen (secondary N) is 1. The maximum atomic E-state index is 11.3. The smallest absolute Gasteiger partial charge is 0.240 e. The maximum Gasteiger partial charge on any atom is 0.240 e. The lowest BCUT2D eigenvalue weighted by atomic mass is 9.87. The van der Waals surface area contributed by atoms with Crippen LogP contribution in [0.5, 0.6) is 0 Å². The summed E-state index contributed by atoms with van der Waals surface area (Å²) in [6.45, 7) is 0.888. The third kappa shape index (κ3) is 4.11. The molecule has 0 amide bonds. The summed E-state index contributed by atoms with van der Waals surface area (Å²) in [7, 11) is -3.74. The van der Waals surface area contributed by atoms with E-state index in [1.54, 1.807) is 12.1 Å². The Hall–Kier alpha value is -1.27. The quantitative estimate of drug-likeness (QED) is 0.726. The Morgan fingerprint density at radius 1 is 1.20 bits per heavy atom. The molecule has 1 fully saturated rings. The fourth-order valence-electron chi connectivity index (χ4n) is 2.81. The van der Waals surface area contributed by atoms with Crippen LogP contribution in [0.1, 0.15) is 38.5 Å². The van der Waals surface area contributed by atoms with Gasteiger partial charge in [-0.2, -0.15) is 0 Å². The summed E-state index contributed by atoms with van der Waals surface area (Å²) in [5.74, 6) is 0.817. The van der Waals surface area contributed by atoms with Gasteiger partial charge in [-0.25, -0.2) is 13.6 Å². The summed E-state index contributed by atoms with van der Waals surface area (Å²) in [6.07, 6.45) is 7.87. The summed E-state index contributed by atoms with van der Waals surface area (Å²) in [5.41, 5.74) is 6.75. The molecule has 20 heavy (non-hydrogen) atoms. The molecule has 1 aliphatic rings. The lowest BCUT2D eigenvalue weighted by molar-refractivity contribution is 0.345. The van der Waals surface area contributed by atoms with Crippen LogP contribution < -0.4 is 16.2 Å². The first kappa shape index (κ1) is 15.1. The third-order valence-corrected chi connectivity index (χ3v) is 4.91. The predicted molar refractivity (Wildman–Crippen MR) is 81.9 cm³/mol. The predicted octanol–water partition coefficient (Wildman–Crippen LogP) is 2.30. The van der Waals surface area contributed by atoms with Gasteiger partial charge in [-0.05, 0) is 30.5 Å². The van der Waals surface area contributed by atoms with Crippen molar-refractivity contribution in [3.63, 3.8) is 0 Å². The van der Waals surface area contributed by atoms with Crippen LogP contribution >= 0.6 is 0 Å². The SMILES string of the molecule is Nc1cc(NCCC2CCCCC2)ccc1S(N)(=O)=O. The summed E-state index contributed by atoms with van der Waals surface area (Å²) in [4.78, 5) is -0.0182. The fourth-order valence-corrected chi connectivity index (χ4v) is 3.46. The van der Waals surface area contributed by atoms with Gasteiger partial charge in [-0.3, -0.25) is 0 Å². The normalized spacial score (nSPS) is 17.1. The van der Waals surface area contributed by atoms with Crippen LogP contribution in [0.3, 0.4) is 0 Å². The highest BCUT2D eigenvalue weighted by molar-refractivity contribution is 7.89. The molecule has 2 rings (SSSR count). The molecule has 112 valence electrons. The van der Waals surface area contributed by atoms with Crippen LogP contribution in [0.15, 0.2) is 23.1 Å². The Kier molecular flexibility index (Phi) is 4.88. The average Bonchev–Trinajstić information content (AvgIpc) is 2.38. The second-order valence-corrected chi connectivity index (χ2v) is 7.05. The van der Waals surface area contributed by atoms with Crippen LogP contribution in [-0.2, 0) is 10.0 Å². The van der Waals surface area contributed by atoms with Crippen molar-refractivity contribution in [1.29, 1.82) is 0 Å². The molecule has 1 aliphatic carbocycles. The minimum Gasteiger partial charge on any atom is -0.398 e. The molecule has 1 saturated carbocycles. The molecule has 0 aliphatic heterocycles. The summed E-state index contributed by atoms with van der Waals surface area (Å²) in [5, 5.41) is 8.37. The molecule has 5 nitrogen and oxygen atoms in total. The van der Waals surface area contributed by atoms with E-state index in [2.05, 4.69) is 5.32 Å². The molecule has 0 aromatic heterocycles. The Morgan fingerprint density at radius 2 is 1.90 bits per heavy atom. The van der Waals surface area contributed by atoms with Crippen LogP contribution in [0, 0.1) is 5.92 Å². The Labute approximate surface area is 120 Å². The van der Waals surface area contributed by atoms with Crippen molar-refractivity contribution >= 4 is 21.4 Å². The molecule has 5 N–H and O–H groups in total. The van der Waals surface area contributed by atoms with E-state index in [1.165, 1.54) is 38.2 Å². The fraction of sp³-hybridized carbons (Fsp3) is 0.571. The van der Waals surface area contributed by atoms with Gasteiger partial charge in [0.25, 0.3) is 0 Å². The van der Waals surface area contributed by atoms with E-state index < -0.39 is 10.0 Å². The zero-order chi connectivity index (χ0) is 14.6. The van der Waals surface area contributed by atoms with Gasteiger partial charge in [0.2, 0.25) is 10.0 Å². The standard InChI is InChI=1S/C14H23N3O2S/c15-13-10-12(6-7-14(13)20(16,18)19)17-9-8-11-4-2-1-3-5-11/h6-7,10-11,17H,1-5,8-9,15H2,(H2,16,18,19). The molecule has 0 spiro atoms. The summed E-state index contributed by atoms with van der Waals surface area (Å²) >= 11 is 0. The van der Waals surface area contributed by atoms with E-state index in [0.717, 1.165) is 24.6 Å². The molecule has 1 aromatic rings. The average molecular weight is 297 g/mol. The van der Waals surface area contributed by atoms with Crippen LogP contribution in [-0.4, -0.2) is 15.0 Å². The van der Waals surface area contributed by atoms with Crippen molar-refractivity contribution in [3.05, 3.63) is 18.2 Å². The van der Waals surface area contributed by atoms with Gasteiger partial charge in [0.15, 0.2) is 0 Å². The van der Waals surface area contributed by atoms with E-state index in [-0.39, 0.29) is 10.6 Å². The van der Waals surface area contributed by atoms with Gasteiger partial charge in [-0.1, -0.05) is 32.1 Å². The Balaban J connectivity index is 1.89. The number of rotatable bonds is 5. The van der Waals surface area contributed by atoms with Crippen LogP contribution in [0.25, 0.3) is 0 Å². The topological polar surface area (TPSA) is 98.2 Å². The maximum absolute atomic E-state index is 11.3. The first-order chi connectivity index (χ1) is 9.47. The van der Waals surface area contributed by atoms with E-state index in [4.69, 9.17) is 10.9 Å². The molecule has 0 radical (unpaired) electrons. The molecule has 0 atom stereocenters. The minimum absolute atomic E-state index is 0.0182. The van der Waals surface area contributed by atoms with Crippen molar-refractivity contribution < 1.29 is 8.42 Å². The van der Waals surface area contributed by atoms with E-state index in [0.29, 0.717) is 0 Å². The van der Waals surface area contributed by atoms with E-state index in [1.807, 2.05) is 0 Å². The van der Waals surface area contributed by atoms with E-state index >= 15 is 0 Å². The van der Waals surface area contributed by atoms with Gasteiger partial charge in [0, 0.05) is 12.2 Å².